The van der Waals surface area contributed by atoms with Crippen molar-refractivity contribution in [2.45, 2.75) is 92.7 Å². The molecule has 2 nitrogen and oxygen atoms in total. The predicted molar refractivity (Wildman–Crippen MR) is 165 cm³/mol. The molecule has 0 aliphatic carbocycles. The Balaban J connectivity index is 1.68. The fourth-order valence-electron chi connectivity index (χ4n) is 5.57. The Bertz CT molecular complexity index is 1230. The molecule has 38 heavy (non-hydrogen) atoms. The Morgan fingerprint density at radius 2 is 1.89 bits per heavy atom. The SMILES string of the molecule is C=Cc1cc(C(=C/C)/C(C)=C(/C)C#CC)ccc1OC1CCN(Cc2cccc(C(C)C)c2CCC)CC1. The lowest BCUT2D eigenvalue weighted by Gasteiger charge is -2.33. The van der Waals surface area contributed by atoms with Crippen LogP contribution < -0.4 is 4.74 Å². The summed E-state index contributed by atoms with van der Waals surface area (Å²) in [5.74, 6) is 7.71. The molecule has 0 atom stereocenters. The van der Waals surface area contributed by atoms with E-state index >= 15 is 0 Å². The zero-order chi connectivity index (χ0) is 27.7. The summed E-state index contributed by atoms with van der Waals surface area (Å²) in [6.07, 6.45) is 8.75. The Labute approximate surface area is 232 Å². The normalized spacial score (nSPS) is 15.6. The largest absolute Gasteiger partial charge is 0.490 e. The lowest BCUT2D eigenvalue weighted by molar-refractivity contribution is 0.0965. The number of piperidine rings is 1. The molecule has 1 aliphatic rings. The third-order valence-corrected chi connectivity index (χ3v) is 7.76. The minimum Gasteiger partial charge on any atom is -0.490 e. The van der Waals surface area contributed by atoms with Gasteiger partial charge < -0.3 is 4.74 Å². The summed E-state index contributed by atoms with van der Waals surface area (Å²) in [5, 5.41) is 0. The molecule has 0 unspecified atom stereocenters. The lowest BCUT2D eigenvalue weighted by atomic mass is 9.90. The molecule has 0 N–H and O–H groups in total. The zero-order valence-corrected chi connectivity index (χ0v) is 24.8. The van der Waals surface area contributed by atoms with Crippen LogP contribution in [0.5, 0.6) is 5.75 Å². The van der Waals surface area contributed by atoms with E-state index in [-0.39, 0.29) is 6.10 Å². The molecule has 3 rings (SSSR count). The van der Waals surface area contributed by atoms with Crippen molar-refractivity contribution in [1.29, 1.82) is 0 Å². The summed E-state index contributed by atoms with van der Waals surface area (Å²) in [7, 11) is 0. The smallest absolute Gasteiger partial charge is 0.126 e. The summed E-state index contributed by atoms with van der Waals surface area (Å²) in [5.41, 5.74) is 10.3. The quantitative estimate of drug-likeness (QED) is 0.234. The predicted octanol–water partition coefficient (Wildman–Crippen LogP) is 9.21. The molecule has 0 bridgehead atoms. The van der Waals surface area contributed by atoms with Crippen LogP contribution in [0, 0.1) is 11.8 Å². The molecule has 2 heteroatoms. The molecule has 0 spiro atoms. The Morgan fingerprint density at radius 1 is 1.16 bits per heavy atom. The molecular formula is C36H47NO. The Kier molecular flexibility index (Phi) is 11.1. The second-order valence-corrected chi connectivity index (χ2v) is 10.8. The molecule has 0 amide bonds. The van der Waals surface area contributed by atoms with E-state index in [9.17, 15) is 0 Å². The number of allylic oxidation sites excluding steroid dienone is 4. The van der Waals surface area contributed by atoms with Crippen LogP contribution in [0.15, 0.2) is 60.2 Å². The van der Waals surface area contributed by atoms with Gasteiger partial charge in [0.2, 0.25) is 0 Å². The van der Waals surface area contributed by atoms with E-state index in [1.54, 1.807) is 5.56 Å². The zero-order valence-electron chi connectivity index (χ0n) is 24.8. The van der Waals surface area contributed by atoms with E-state index in [0.29, 0.717) is 5.92 Å². The van der Waals surface area contributed by atoms with E-state index in [1.165, 1.54) is 40.7 Å². The molecular weight excluding hydrogens is 462 g/mol. The van der Waals surface area contributed by atoms with Crippen molar-refractivity contribution in [1.82, 2.24) is 4.90 Å². The number of likely N-dealkylation sites (tertiary alicyclic amines) is 1. The van der Waals surface area contributed by atoms with Crippen molar-refractivity contribution in [2.75, 3.05) is 13.1 Å². The third kappa shape index (κ3) is 7.30. The van der Waals surface area contributed by atoms with Crippen molar-refractivity contribution in [3.8, 4) is 17.6 Å². The number of hydrogen-bond donors (Lipinski definition) is 0. The average Bonchev–Trinajstić information content (AvgIpc) is 2.91. The van der Waals surface area contributed by atoms with E-state index in [1.807, 2.05) is 13.0 Å². The van der Waals surface area contributed by atoms with Crippen LogP contribution in [0.3, 0.4) is 0 Å². The van der Waals surface area contributed by atoms with Crippen molar-refractivity contribution in [3.63, 3.8) is 0 Å². The van der Waals surface area contributed by atoms with Crippen molar-refractivity contribution in [3.05, 3.63) is 88.0 Å². The monoisotopic (exact) mass is 509 g/mol. The summed E-state index contributed by atoms with van der Waals surface area (Å²) in [6, 6.07) is 13.4. The maximum absolute atomic E-state index is 6.55. The molecule has 2 aromatic carbocycles. The van der Waals surface area contributed by atoms with E-state index in [4.69, 9.17) is 4.74 Å². The fraction of sp³-hybridized carbons (Fsp3) is 0.444. The first kappa shape index (κ1) is 29.5. The summed E-state index contributed by atoms with van der Waals surface area (Å²) in [6.45, 7) is 22.3. The van der Waals surface area contributed by atoms with Gasteiger partial charge >= 0.3 is 0 Å². The van der Waals surface area contributed by atoms with E-state index in [0.717, 1.165) is 49.4 Å². The van der Waals surface area contributed by atoms with Gasteiger partial charge in [0, 0.05) is 30.8 Å². The summed E-state index contributed by atoms with van der Waals surface area (Å²) in [4.78, 5) is 2.60. The molecule has 1 saturated heterocycles. The highest BCUT2D eigenvalue weighted by Gasteiger charge is 2.23. The van der Waals surface area contributed by atoms with Gasteiger partial charge in [-0.05, 0) is 98.4 Å². The maximum atomic E-state index is 6.55. The van der Waals surface area contributed by atoms with Gasteiger partial charge in [-0.25, -0.2) is 0 Å². The van der Waals surface area contributed by atoms with Gasteiger partial charge in [0.25, 0.3) is 0 Å². The van der Waals surface area contributed by atoms with Crippen LogP contribution in [-0.4, -0.2) is 24.1 Å². The molecule has 1 aliphatic heterocycles. The fourth-order valence-corrected chi connectivity index (χ4v) is 5.57. The van der Waals surface area contributed by atoms with E-state index in [2.05, 4.69) is 107 Å². The van der Waals surface area contributed by atoms with Gasteiger partial charge in [-0.3, -0.25) is 4.90 Å². The summed E-state index contributed by atoms with van der Waals surface area (Å²) >= 11 is 0. The second kappa shape index (κ2) is 14.2. The van der Waals surface area contributed by atoms with Gasteiger partial charge in [-0.1, -0.05) is 76.1 Å². The van der Waals surface area contributed by atoms with Crippen molar-refractivity contribution < 1.29 is 4.74 Å². The Morgan fingerprint density at radius 3 is 2.50 bits per heavy atom. The van der Waals surface area contributed by atoms with Gasteiger partial charge in [0.15, 0.2) is 0 Å². The standard InChI is InChI=1S/C36H47NO/c1-9-14-27(7)28(8)33(12-4)30-18-19-36(29(11-3)24-30)38-32-20-22-37(23-21-32)25-31-16-13-17-34(26(5)6)35(31)15-10-2/h11-13,16-19,24,26,32H,3,10,15,20-23,25H2,1-2,4-8H3/b28-27-,33-12+. The molecule has 0 radical (unpaired) electrons. The number of rotatable bonds is 10. The van der Waals surface area contributed by atoms with E-state index < -0.39 is 0 Å². The van der Waals surface area contributed by atoms with Crippen molar-refractivity contribution in [2.24, 2.45) is 0 Å². The lowest BCUT2D eigenvalue weighted by Crippen LogP contribution is -2.38. The molecule has 0 saturated carbocycles. The number of ether oxygens (including phenoxy) is 1. The van der Waals surface area contributed by atoms with Gasteiger partial charge in [0.1, 0.15) is 11.9 Å². The minimum absolute atomic E-state index is 0.234. The first-order chi connectivity index (χ1) is 18.3. The average molecular weight is 510 g/mol. The number of hydrogen-bond acceptors (Lipinski definition) is 2. The molecule has 202 valence electrons. The Hall–Kier alpha value is -3.02. The molecule has 1 fully saturated rings. The van der Waals surface area contributed by atoms with Crippen LogP contribution in [0.1, 0.15) is 101 Å². The highest BCUT2D eigenvalue weighted by molar-refractivity contribution is 5.81. The minimum atomic E-state index is 0.234. The van der Waals surface area contributed by atoms with Crippen LogP contribution in [0.2, 0.25) is 0 Å². The van der Waals surface area contributed by atoms with Crippen LogP contribution >= 0.6 is 0 Å². The van der Waals surface area contributed by atoms with Gasteiger partial charge in [0.05, 0.1) is 0 Å². The third-order valence-electron chi connectivity index (χ3n) is 7.76. The molecule has 2 aromatic rings. The highest BCUT2D eigenvalue weighted by atomic mass is 16.5. The number of nitrogens with zero attached hydrogens (tertiary/aromatic N) is 1. The van der Waals surface area contributed by atoms with Crippen LogP contribution in [0.25, 0.3) is 11.6 Å². The first-order valence-electron chi connectivity index (χ1n) is 14.4. The first-order valence-corrected chi connectivity index (χ1v) is 14.4. The molecule has 1 heterocycles. The van der Waals surface area contributed by atoms with Gasteiger partial charge in [-0.15, -0.1) is 5.92 Å². The van der Waals surface area contributed by atoms with Crippen LogP contribution in [0.4, 0.5) is 0 Å². The van der Waals surface area contributed by atoms with Crippen LogP contribution in [-0.2, 0) is 13.0 Å². The number of benzene rings is 2. The highest BCUT2D eigenvalue weighted by Crippen LogP contribution is 2.32. The summed E-state index contributed by atoms with van der Waals surface area (Å²) < 4.78 is 6.55. The van der Waals surface area contributed by atoms with Crippen molar-refractivity contribution >= 4 is 11.6 Å². The second-order valence-electron chi connectivity index (χ2n) is 10.8. The topological polar surface area (TPSA) is 12.5 Å². The maximum Gasteiger partial charge on any atom is 0.126 e. The van der Waals surface area contributed by atoms with Gasteiger partial charge in [-0.2, -0.15) is 0 Å². The molecule has 0 aromatic heterocycles.